The van der Waals surface area contributed by atoms with E-state index in [1.807, 2.05) is 18.7 Å². The van der Waals surface area contributed by atoms with Gasteiger partial charge in [0.05, 0.1) is 0 Å². The zero-order valence-electron chi connectivity index (χ0n) is 16.5. The summed E-state index contributed by atoms with van der Waals surface area (Å²) in [4.78, 5) is 6.68. The Balaban J connectivity index is 1.28. The van der Waals surface area contributed by atoms with Crippen molar-refractivity contribution in [3.8, 4) is 11.4 Å². The van der Waals surface area contributed by atoms with Crippen molar-refractivity contribution in [1.82, 2.24) is 19.7 Å². The van der Waals surface area contributed by atoms with Gasteiger partial charge in [-0.05, 0) is 42.0 Å². The topological polar surface area (TPSA) is 46.8 Å². The molecule has 0 N–H and O–H groups in total. The van der Waals surface area contributed by atoms with Crippen molar-refractivity contribution in [2.75, 3.05) is 11.4 Å². The summed E-state index contributed by atoms with van der Waals surface area (Å²) in [6.07, 6.45) is 14.8. The molecule has 2 aliphatic rings. The Morgan fingerprint density at radius 2 is 1.90 bits per heavy atom. The molecule has 30 heavy (non-hydrogen) atoms. The van der Waals surface area contributed by atoms with E-state index in [4.69, 9.17) is 0 Å². The third-order valence-electron chi connectivity index (χ3n) is 5.87. The van der Waals surface area contributed by atoms with Crippen LogP contribution in [0.5, 0.6) is 0 Å². The Labute approximate surface area is 175 Å². The van der Waals surface area contributed by atoms with Crippen LogP contribution in [0.25, 0.3) is 27.7 Å². The lowest BCUT2D eigenvalue weighted by Gasteiger charge is -2.23. The highest BCUT2D eigenvalue weighted by atomic mass is 15.3. The zero-order valence-corrected chi connectivity index (χ0v) is 16.5. The van der Waals surface area contributed by atoms with Crippen molar-refractivity contribution in [3.05, 3.63) is 91.2 Å². The SMILES string of the molecule is C1=CN(c2cccc(-c3nncn3C3CC3)c2)CC=C1c1cncc2ccccc12. The fourth-order valence-corrected chi connectivity index (χ4v) is 4.13. The molecule has 146 valence electrons. The van der Waals surface area contributed by atoms with E-state index in [1.165, 1.54) is 34.8 Å². The van der Waals surface area contributed by atoms with Gasteiger partial charge < -0.3 is 9.47 Å². The van der Waals surface area contributed by atoms with Gasteiger partial charge in [0.25, 0.3) is 0 Å². The number of fused-ring (bicyclic) bond motifs is 1. The molecule has 4 aromatic rings. The Morgan fingerprint density at radius 1 is 0.967 bits per heavy atom. The zero-order chi connectivity index (χ0) is 19.9. The molecule has 5 nitrogen and oxygen atoms in total. The van der Waals surface area contributed by atoms with Crippen LogP contribution in [-0.4, -0.2) is 26.3 Å². The number of hydrogen-bond acceptors (Lipinski definition) is 4. The summed E-state index contributed by atoms with van der Waals surface area (Å²) in [5, 5.41) is 10.9. The third-order valence-corrected chi connectivity index (χ3v) is 5.87. The number of allylic oxidation sites excluding steroid dienone is 2. The van der Waals surface area contributed by atoms with Crippen LogP contribution in [0.15, 0.2) is 85.6 Å². The van der Waals surface area contributed by atoms with Crippen LogP contribution in [0, 0.1) is 0 Å². The molecule has 1 aliphatic carbocycles. The van der Waals surface area contributed by atoms with E-state index in [0.29, 0.717) is 6.04 Å². The predicted molar refractivity (Wildman–Crippen MR) is 120 cm³/mol. The van der Waals surface area contributed by atoms with Crippen LogP contribution in [0.3, 0.4) is 0 Å². The largest absolute Gasteiger partial charge is 0.344 e. The Hall–Kier alpha value is -3.73. The molecule has 2 aromatic carbocycles. The van der Waals surface area contributed by atoms with Crippen molar-refractivity contribution < 1.29 is 0 Å². The minimum atomic E-state index is 0.563. The summed E-state index contributed by atoms with van der Waals surface area (Å²) in [7, 11) is 0. The molecule has 1 fully saturated rings. The molecule has 3 heterocycles. The monoisotopic (exact) mass is 391 g/mol. The average Bonchev–Trinajstić information content (AvgIpc) is 3.55. The quantitative estimate of drug-likeness (QED) is 0.477. The van der Waals surface area contributed by atoms with Crippen molar-refractivity contribution in [2.45, 2.75) is 18.9 Å². The number of aromatic nitrogens is 4. The number of benzene rings is 2. The summed E-state index contributed by atoms with van der Waals surface area (Å²) in [5.41, 5.74) is 4.65. The maximum Gasteiger partial charge on any atom is 0.164 e. The highest BCUT2D eigenvalue weighted by Crippen LogP contribution is 2.38. The molecule has 0 radical (unpaired) electrons. The number of nitrogens with zero attached hydrogens (tertiary/aromatic N) is 5. The third kappa shape index (κ3) is 2.99. The van der Waals surface area contributed by atoms with Gasteiger partial charge in [0, 0.05) is 53.4 Å². The molecule has 0 unspecified atom stereocenters. The molecule has 0 bridgehead atoms. The molecule has 6 rings (SSSR count). The van der Waals surface area contributed by atoms with E-state index >= 15 is 0 Å². The first kappa shape index (κ1) is 17.2. The van der Waals surface area contributed by atoms with E-state index in [2.05, 4.69) is 91.5 Å². The number of hydrogen-bond donors (Lipinski definition) is 0. The van der Waals surface area contributed by atoms with Crippen LogP contribution in [0.4, 0.5) is 5.69 Å². The van der Waals surface area contributed by atoms with Gasteiger partial charge >= 0.3 is 0 Å². The fraction of sp³-hybridized carbons (Fsp3) is 0.160. The maximum atomic E-state index is 4.43. The number of rotatable bonds is 4. The van der Waals surface area contributed by atoms with Crippen molar-refractivity contribution in [1.29, 1.82) is 0 Å². The molecule has 0 saturated heterocycles. The second kappa shape index (κ2) is 6.95. The Kier molecular flexibility index (Phi) is 3.98. The minimum absolute atomic E-state index is 0.563. The Bertz CT molecular complexity index is 1290. The molecule has 0 amide bonds. The first-order valence-electron chi connectivity index (χ1n) is 10.3. The van der Waals surface area contributed by atoms with Crippen molar-refractivity contribution >= 4 is 22.0 Å². The van der Waals surface area contributed by atoms with E-state index in [0.717, 1.165) is 23.6 Å². The maximum absolute atomic E-state index is 4.43. The predicted octanol–water partition coefficient (Wildman–Crippen LogP) is 5.25. The number of anilines is 1. The Morgan fingerprint density at radius 3 is 2.77 bits per heavy atom. The summed E-state index contributed by atoms with van der Waals surface area (Å²) in [6, 6.07) is 17.5. The summed E-state index contributed by atoms with van der Waals surface area (Å²) in [6.45, 7) is 0.813. The second-order valence-corrected chi connectivity index (χ2v) is 7.88. The second-order valence-electron chi connectivity index (χ2n) is 7.88. The minimum Gasteiger partial charge on any atom is -0.344 e. The van der Waals surface area contributed by atoms with Crippen molar-refractivity contribution in [3.63, 3.8) is 0 Å². The summed E-state index contributed by atoms with van der Waals surface area (Å²) >= 11 is 0. The van der Waals surface area contributed by atoms with Gasteiger partial charge in [-0.3, -0.25) is 4.98 Å². The summed E-state index contributed by atoms with van der Waals surface area (Å²) in [5.74, 6) is 0.957. The van der Waals surface area contributed by atoms with Crippen LogP contribution in [0.2, 0.25) is 0 Å². The molecule has 0 atom stereocenters. The highest BCUT2D eigenvalue weighted by molar-refractivity contribution is 5.95. The van der Waals surface area contributed by atoms with Crippen LogP contribution in [0.1, 0.15) is 24.4 Å². The fourth-order valence-electron chi connectivity index (χ4n) is 4.13. The lowest BCUT2D eigenvalue weighted by atomic mass is 9.99. The van der Waals surface area contributed by atoms with Gasteiger partial charge in [0.1, 0.15) is 6.33 Å². The van der Waals surface area contributed by atoms with Gasteiger partial charge in [-0.25, -0.2) is 0 Å². The first-order valence-corrected chi connectivity index (χ1v) is 10.3. The van der Waals surface area contributed by atoms with Gasteiger partial charge in [0.15, 0.2) is 5.82 Å². The molecule has 2 aromatic heterocycles. The molecule has 0 spiro atoms. The highest BCUT2D eigenvalue weighted by Gasteiger charge is 2.26. The van der Waals surface area contributed by atoms with Crippen LogP contribution < -0.4 is 4.90 Å². The summed E-state index contributed by atoms with van der Waals surface area (Å²) < 4.78 is 2.21. The lowest BCUT2D eigenvalue weighted by molar-refractivity contribution is 0.746. The van der Waals surface area contributed by atoms with Gasteiger partial charge in [-0.15, -0.1) is 10.2 Å². The normalized spacial score (nSPS) is 16.1. The average molecular weight is 391 g/mol. The molecular weight excluding hydrogens is 370 g/mol. The molecule has 1 aliphatic heterocycles. The van der Waals surface area contributed by atoms with Crippen LogP contribution >= 0.6 is 0 Å². The molecular formula is C25H21N5. The number of pyridine rings is 1. The van der Waals surface area contributed by atoms with E-state index in [1.54, 1.807) is 0 Å². The first-order chi connectivity index (χ1) is 14.9. The smallest absolute Gasteiger partial charge is 0.164 e. The van der Waals surface area contributed by atoms with Gasteiger partial charge in [0.2, 0.25) is 0 Å². The van der Waals surface area contributed by atoms with Gasteiger partial charge in [-0.2, -0.15) is 0 Å². The van der Waals surface area contributed by atoms with Gasteiger partial charge in [-0.1, -0.05) is 42.5 Å². The van der Waals surface area contributed by atoms with Crippen LogP contribution in [-0.2, 0) is 0 Å². The molecule has 1 saturated carbocycles. The van der Waals surface area contributed by atoms with E-state index in [9.17, 15) is 0 Å². The van der Waals surface area contributed by atoms with E-state index < -0.39 is 0 Å². The molecule has 5 heteroatoms. The van der Waals surface area contributed by atoms with Crippen molar-refractivity contribution in [2.24, 2.45) is 0 Å². The lowest BCUT2D eigenvalue weighted by Crippen LogP contribution is -2.18. The standard InChI is InChI=1S/C25H21N5/c1-2-7-23-20(4-1)15-26-16-24(23)18-10-12-29(13-11-18)22-6-3-5-19(14-22)25-28-27-17-30(25)21-8-9-21/h1-7,10-12,14-17,21H,8-9,13H2. The van der Waals surface area contributed by atoms with E-state index in [-0.39, 0.29) is 0 Å².